The first kappa shape index (κ1) is 29.2. The van der Waals surface area contributed by atoms with Crippen LogP contribution in [0, 0.1) is 0 Å². The van der Waals surface area contributed by atoms with E-state index in [1.54, 1.807) is 32.4 Å². The van der Waals surface area contributed by atoms with Crippen molar-refractivity contribution in [1.82, 2.24) is 0 Å². The van der Waals surface area contributed by atoms with Crippen LogP contribution in [-0.2, 0) is 38.1 Å². The lowest BCUT2D eigenvalue weighted by Crippen LogP contribution is -2.17. The minimum atomic E-state index is -3.42. The molecule has 8 heteroatoms. The van der Waals surface area contributed by atoms with E-state index in [2.05, 4.69) is 68.5 Å². The number of thiophene rings is 1. The quantitative estimate of drug-likeness (QED) is 0.322. The van der Waals surface area contributed by atoms with Crippen LogP contribution in [0.3, 0.4) is 0 Å². The predicted octanol–water partition coefficient (Wildman–Crippen LogP) is 6.51. The van der Waals surface area contributed by atoms with Crippen LogP contribution in [-0.4, -0.2) is 22.3 Å². The zero-order valence-corrected chi connectivity index (χ0v) is 24.3. The number of hydrogen-bond donors (Lipinski definition) is 2. The summed E-state index contributed by atoms with van der Waals surface area (Å²) >= 11 is 1.14. The van der Waals surface area contributed by atoms with E-state index >= 15 is 0 Å². The Kier molecular flexibility index (Phi) is 9.14. The van der Waals surface area contributed by atoms with Crippen molar-refractivity contribution in [3.8, 4) is 11.1 Å². The molecule has 0 saturated heterocycles. The molecule has 0 aliphatic heterocycles. The van der Waals surface area contributed by atoms with Gasteiger partial charge in [-0.25, -0.2) is 9.35 Å². The van der Waals surface area contributed by atoms with E-state index in [9.17, 15) is 14.1 Å². The predicted molar refractivity (Wildman–Crippen MR) is 152 cm³/mol. The number of methoxy groups -OCH3 is 1. The topological polar surface area (TPSA) is 102 Å². The third-order valence-corrected chi connectivity index (χ3v) is 9.19. The van der Waals surface area contributed by atoms with Crippen molar-refractivity contribution < 1.29 is 18.8 Å². The molecule has 6 nitrogen and oxygen atoms in total. The van der Waals surface area contributed by atoms with Crippen molar-refractivity contribution in [3.05, 3.63) is 75.7 Å². The fraction of sp³-hybridized carbons (Fsp3) is 0.414. The molecule has 3 rings (SSSR count). The lowest BCUT2D eigenvalue weighted by molar-refractivity contribution is -0.117. The molecule has 0 spiro atoms. The summed E-state index contributed by atoms with van der Waals surface area (Å²) in [7, 11) is -1.74. The SMILES string of the molecule is COCc1ccc(-c2cc(C(C)C)c(CC(=O)N=S(N)(=O)c3cc(C(C)(C)O)cs3)c(C(C)C)c2)cc1. The molecule has 1 heterocycles. The third-order valence-electron chi connectivity index (χ3n) is 6.30. The summed E-state index contributed by atoms with van der Waals surface area (Å²) in [6.07, 6.45) is 0.0198. The summed E-state index contributed by atoms with van der Waals surface area (Å²) in [5.74, 6) is -0.185. The van der Waals surface area contributed by atoms with Crippen LogP contribution in [0.15, 0.2) is 56.4 Å². The summed E-state index contributed by atoms with van der Waals surface area (Å²) in [4.78, 5) is 13.1. The van der Waals surface area contributed by atoms with E-state index in [1.165, 1.54) is 0 Å². The lowest BCUT2D eigenvalue weighted by atomic mass is 9.84. The van der Waals surface area contributed by atoms with E-state index < -0.39 is 21.4 Å². The molecular formula is C29H38N2O4S2. The smallest absolute Gasteiger partial charge is 0.259 e. The number of amides is 1. The van der Waals surface area contributed by atoms with Gasteiger partial charge in [-0.05, 0) is 76.1 Å². The highest BCUT2D eigenvalue weighted by Crippen LogP contribution is 2.35. The van der Waals surface area contributed by atoms with Gasteiger partial charge in [0.25, 0.3) is 5.91 Å². The molecular weight excluding hydrogens is 504 g/mol. The van der Waals surface area contributed by atoms with Gasteiger partial charge in [0.1, 0.15) is 4.21 Å². The van der Waals surface area contributed by atoms with Gasteiger partial charge in [-0.2, -0.15) is 0 Å². The van der Waals surface area contributed by atoms with Gasteiger partial charge in [-0.1, -0.05) is 64.1 Å². The lowest BCUT2D eigenvalue weighted by Gasteiger charge is -2.21. The van der Waals surface area contributed by atoms with Crippen LogP contribution < -0.4 is 5.14 Å². The number of aliphatic hydroxyl groups is 1. The Balaban J connectivity index is 2.01. The van der Waals surface area contributed by atoms with Crippen molar-refractivity contribution in [1.29, 1.82) is 0 Å². The highest BCUT2D eigenvalue weighted by molar-refractivity contribution is 7.93. The van der Waals surface area contributed by atoms with Gasteiger partial charge in [-0.15, -0.1) is 15.7 Å². The van der Waals surface area contributed by atoms with E-state index in [4.69, 9.17) is 9.88 Å². The molecule has 0 saturated carbocycles. The molecule has 1 unspecified atom stereocenters. The highest BCUT2D eigenvalue weighted by atomic mass is 32.2. The van der Waals surface area contributed by atoms with Gasteiger partial charge in [0, 0.05) is 7.11 Å². The Labute approximate surface area is 225 Å². The van der Waals surface area contributed by atoms with Crippen molar-refractivity contribution >= 4 is 27.2 Å². The van der Waals surface area contributed by atoms with Crippen molar-refractivity contribution in [2.75, 3.05) is 7.11 Å². The second kappa shape index (κ2) is 11.6. The summed E-state index contributed by atoms with van der Waals surface area (Å²) in [6.45, 7) is 12.2. The summed E-state index contributed by atoms with van der Waals surface area (Å²) in [5.41, 5.74) is 5.82. The Morgan fingerprint density at radius 3 is 2.08 bits per heavy atom. The maximum Gasteiger partial charge on any atom is 0.259 e. The average Bonchev–Trinajstić information content (AvgIpc) is 3.31. The van der Waals surface area contributed by atoms with Crippen molar-refractivity contribution in [3.63, 3.8) is 0 Å². The molecule has 2 aromatic carbocycles. The molecule has 3 aromatic rings. The maximum atomic E-state index is 13.2. The van der Waals surface area contributed by atoms with Crippen LogP contribution in [0.5, 0.6) is 0 Å². The second-order valence-corrected chi connectivity index (χ2v) is 13.4. The largest absolute Gasteiger partial charge is 0.386 e. The van der Waals surface area contributed by atoms with Gasteiger partial charge in [0.05, 0.1) is 18.6 Å². The third kappa shape index (κ3) is 7.15. The zero-order valence-electron chi connectivity index (χ0n) is 22.7. The molecule has 0 bridgehead atoms. The Morgan fingerprint density at radius 1 is 1.05 bits per heavy atom. The van der Waals surface area contributed by atoms with E-state index in [-0.39, 0.29) is 22.5 Å². The molecule has 1 atom stereocenters. The fourth-order valence-corrected chi connectivity index (χ4v) is 6.60. The van der Waals surface area contributed by atoms with E-state index in [0.717, 1.165) is 44.7 Å². The molecule has 37 heavy (non-hydrogen) atoms. The van der Waals surface area contributed by atoms with Crippen molar-refractivity contribution in [2.45, 2.75) is 76.2 Å². The number of carbonyl (C=O) groups excluding carboxylic acids is 1. The minimum Gasteiger partial charge on any atom is -0.386 e. The number of carbonyl (C=O) groups is 1. The molecule has 0 aliphatic carbocycles. The average molecular weight is 543 g/mol. The number of hydrogen-bond acceptors (Lipinski definition) is 5. The second-order valence-electron chi connectivity index (χ2n) is 10.5. The first-order chi connectivity index (χ1) is 17.2. The van der Waals surface area contributed by atoms with Crippen LogP contribution in [0.2, 0.25) is 0 Å². The number of nitrogens with two attached hydrogens (primary N) is 1. The van der Waals surface area contributed by atoms with Crippen molar-refractivity contribution in [2.24, 2.45) is 9.50 Å². The standard InChI is InChI=1S/C29H38N2O4S2/c1-18(2)24-12-22(21-10-8-20(9-11-21)16-35-7)13-25(19(3)4)26(24)15-27(32)31-37(30,34)28-14-23(17-36-28)29(5,6)33/h8-14,17-19,33H,15-16H2,1-7H3,(H2,30,31,32,34). The van der Waals surface area contributed by atoms with Crippen LogP contribution in [0.1, 0.15) is 81.2 Å². The first-order valence-corrected chi connectivity index (χ1v) is 14.8. The van der Waals surface area contributed by atoms with Gasteiger partial charge >= 0.3 is 0 Å². The highest BCUT2D eigenvalue weighted by Gasteiger charge is 2.23. The Bertz CT molecular complexity index is 1340. The normalized spacial score (nSPS) is 13.7. The molecule has 0 radical (unpaired) electrons. The Morgan fingerprint density at radius 2 is 1.62 bits per heavy atom. The number of benzene rings is 2. The van der Waals surface area contributed by atoms with E-state index in [1.807, 2.05) is 0 Å². The first-order valence-electron chi connectivity index (χ1n) is 12.4. The minimum absolute atomic E-state index is 0.0198. The maximum absolute atomic E-state index is 13.2. The molecule has 1 aromatic heterocycles. The molecule has 3 N–H and O–H groups in total. The molecule has 200 valence electrons. The molecule has 0 aliphatic rings. The van der Waals surface area contributed by atoms with Gasteiger partial charge in [-0.3, -0.25) is 4.79 Å². The van der Waals surface area contributed by atoms with Gasteiger partial charge < -0.3 is 9.84 Å². The van der Waals surface area contributed by atoms with Crippen LogP contribution in [0.4, 0.5) is 0 Å². The van der Waals surface area contributed by atoms with Gasteiger partial charge in [0.2, 0.25) is 0 Å². The number of rotatable bonds is 9. The number of nitrogens with zero attached hydrogens (tertiary/aromatic N) is 1. The summed E-state index contributed by atoms with van der Waals surface area (Å²) < 4.78 is 22.7. The van der Waals surface area contributed by atoms with Gasteiger partial charge in [0.15, 0.2) is 9.92 Å². The fourth-order valence-electron chi connectivity index (χ4n) is 4.25. The monoisotopic (exact) mass is 542 g/mol. The zero-order chi connectivity index (χ0) is 27.5. The van der Waals surface area contributed by atoms with Crippen LogP contribution in [0.25, 0.3) is 11.1 Å². The summed E-state index contributed by atoms with van der Waals surface area (Å²) in [6, 6.07) is 14.1. The summed E-state index contributed by atoms with van der Waals surface area (Å²) in [5, 5.41) is 18.0. The Hall–Kier alpha value is -2.36. The molecule has 0 fully saturated rings. The number of ether oxygens (including phenoxy) is 1. The molecule has 1 amide bonds. The van der Waals surface area contributed by atoms with Crippen LogP contribution >= 0.6 is 11.3 Å². The van der Waals surface area contributed by atoms with E-state index in [0.29, 0.717) is 12.2 Å².